The van der Waals surface area contributed by atoms with E-state index < -0.39 is 0 Å². The second kappa shape index (κ2) is 12.8. The molecule has 11 heteroatoms. The van der Waals surface area contributed by atoms with Crippen LogP contribution in [0.15, 0.2) is 34.0 Å². The van der Waals surface area contributed by atoms with Gasteiger partial charge < -0.3 is 14.5 Å². The zero-order valence-electron chi connectivity index (χ0n) is 22.4. The number of anilines is 2. The van der Waals surface area contributed by atoms with Gasteiger partial charge in [0.05, 0.1) is 4.91 Å². The van der Waals surface area contributed by atoms with Gasteiger partial charge in [0, 0.05) is 64.2 Å². The number of thioether (sulfide) groups is 1. The maximum absolute atomic E-state index is 13.4. The summed E-state index contributed by atoms with van der Waals surface area (Å²) in [5.41, 5.74) is 1.94. The van der Waals surface area contributed by atoms with E-state index in [9.17, 15) is 19.2 Å². The predicted octanol–water partition coefficient (Wildman–Crippen LogP) is 4.14. The third kappa shape index (κ3) is 6.03. The van der Waals surface area contributed by atoms with Gasteiger partial charge in [-0.05, 0) is 55.7 Å². The third-order valence-corrected chi connectivity index (χ3v) is 8.32. The van der Waals surface area contributed by atoms with Gasteiger partial charge in [0.15, 0.2) is 0 Å². The van der Waals surface area contributed by atoms with Crippen molar-refractivity contribution in [2.45, 2.75) is 33.2 Å². The number of amides is 1. The fourth-order valence-corrected chi connectivity index (χ4v) is 6.23. The summed E-state index contributed by atoms with van der Waals surface area (Å²) in [4.78, 5) is 33.1. The molecule has 3 heterocycles. The number of rotatable bonds is 9. The summed E-state index contributed by atoms with van der Waals surface area (Å²) in [6.07, 6.45) is 3.16. The van der Waals surface area contributed by atoms with E-state index >= 15 is 0 Å². The van der Waals surface area contributed by atoms with Crippen molar-refractivity contribution in [1.29, 1.82) is 5.26 Å². The van der Waals surface area contributed by atoms with Crippen molar-refractivity contribution in [3.8, 4) is 6.07 Å². The van der Waals surface area contributed by atoms with Gasteiger partial charge in [0.1, 0.15) is 27.6 Å². The number of ether oxygens (including phenoxy) is 1. The summed E-state index contributed by atoms with van der Waals surface area (Å²) >= 11 is 6.73. The van der Waals surface area contributed by atoms with Gasteiger partial charge in [0.2, 0.25) is 0 Å². The van der Waals surface area contributed by atoms with E-state index in [1.807, 2.05) is 6.92 Å². The first-order valence-corrected chi connectivity index (χ1v) is 14.2. The number of piperazine rings is 1. The number of halogens is 1. The topological polar surface area (TPSA) is 81.8 Å². The molecule has 2 saturated heterocycles. The van der Waals surface area contributed by atoms with Crippen LogP contribution in [0.2, 0.25) is 0 Å². The van der Waals surface area contributed by atoms with Crippen molar-refractivity contribution in [3.05, 3.63) is 62.0 Å². The van der Waals surface area contributed by atoms with Gasteiger partial charge in [0.25, 0.3) is 11.5 Å². The number of hydrogen-bond acceptors (Lipinski definition) is 8. The minimum atomic E-state index is -0.322. The summed E-state index contributed by atoms with van der Waals surface area (Å²) in [5, 5.41) is 9.87. The molecule has 39 heavy (non-hydrogen) atoms. The van der Waals surface area contributed by atoms with Crippen LogP contribution in [-0.4, -0.2) is 66.1 Å². The molecule has 1 amide bonds. The fourth-order valence-electron chi connectivity index (χ4n) is 4.94. The summed E-state index contributed by atoms with van der Waals surface area (Å²) in [5.74, 6) is 0.254. The van der Waals surface area contributed by atoms with Crippen molar-refractivity contribution in [2.24, 2.45) is 0 Å². The van der Waals surface area contributed by atoms with Crippen LogP contribution >= 0.6 is 24.0 Å². The molecule has 0 unspecified atom stereocenters. The van der Waals surface area contributed by atoms with E-state index in [1.165, 1.54) is 23.9 Å². The number of hydrogen-bond donors (Lipinski definition) is 0. The van der Waals surface area contributed by atoms with Crippen molar-refractivity contribution in [3.63, 3.8) is 0 Å². The molecule has 0 atom stereocenters. The van der Waals surface area contributed by atoms with Gasteiger partial charge in [-0.2, -0.15) is 5.26 Å². The monoisotopic (exact) mass is 569 g/mol. The Balaban J connectivity index is 1.74. The fraction of sp³-hybridized carbons (Fsp3) is 0.429. The van der Waals surface area contributed by atoms with Crippen LogP contribution in [0.5, 0.6) is 0 Å². The van der Waals surface area contributed by atoms with E-state index in [4.69, 9.17) is 17.0 Å². The molecule has 4 rings (SSSR count). The summed E-state index contributed by atoms with van der Waals surface area (Å²) in [7, 11) is 1.62. The van der Waals surface area contributed by atoms with Crippen LogP contribution < -0.4 is 15.4 Å². The van der Waals surface area contributed by atoms with Gasteiger partial charge in [-0.15, -0.1) is 0 Å². The van der Waals surface area contributed by atoms with Crippen LogP contribution in [0.3, 0.4) is 0 Å². The van der Waals surface area contributed by atoms with Crippen LogP contribution in [-0.2, 0) is 16.1 Å². The van der Waals surface area contributed by atoms with Crippen molar-refractivity contribution < 1.29 is 13.9 Å². The minimum Gasteiger partial charge on any atom is -0.385 e. The molecule has 1 aromatic heterocycles. The average Bonchev–Trinajstić information content (AvgIpc) is 3.20. The van der Waals surface area contributed by atoms with Crippen LogP contribution in [0.4, 0.5) is 15.9 Å². The molecule has 0 bridgehead atoms. The largest absolute Gasteiger partial charge is 0.385 e. The molecular weight excluding hydrogens is 537 g/mol. The Bertz CT molecular complexity index is 1380. The summed E-state index contributed by atoms with van der Waals surface area (Å²) in [6.45, 7) is 7.76. The molecule has 1 aromatic carbocycles. The molecule has 0 N–H and O–H groups in total. The Morgan fingerprint density at radius 3 is 2.41 bits per heavy atom. The van der Waals surface area contributed by atoms with Gasteiger partial charge in [-0.1, -0.05) is 30.9 Å². The number of pyridine rings is 1. The average molecular weight is 570 g/mol. The zero-order valence-corrected chi connectivity index (χ0v) is 24.0. The number of nitriles is 1. The lowest BCUT2D eigenvalue weighted by Gasteiger charge is -2.39. The Kier molecular flexibility index (Phi) is 9.43. The predicted molar refractivity (Wildman–Crippen MR) is 158 cm³/mol. The molecule has 2 fully saturated rings. The highest BCUT2D eigenvalue weighted by molar-refractivity contribution is 8.26. The molecule has 0 spiro atoms. The Labute approximate surface area is 237 Å². The normalized spacial score (nSPS) is 16.9. The Hall–Kier alpha value is -3.20. The lowest BCUT2D eigenvalue weighted by atomic mass is 10.0. The van der Waals surface area contributed by atoms with Crippen molar-refractivity contribution in [1.82, 2.24) is 9.47 Å². The van der Waals surface area contributed by atoms with Crippen LogP contribution in [0.1, 0.15) is 36.5 Å². The molecule has 0 aliphatic carbocycles. The molecule has 2 aromatic rings. The minimum absolute atomic E-state index is 0.0824. The zero-order chi connectivity index (χ0) is 28.1. The molecule has 8 nitrogen and oxygen atoms in total. The van der Waals surface area contributed by atoms with Gasteiger partial charge >= 0.3 is 0 Å². The van der Waals surface area contributed by atoms with Gasteiger partial charge in [-0.3, -0.25) is 19.1 Å². The molecule has 2 aliphatic rings. The van der Waals surface area contributed by atoms with E-state index in [2.05, 4.69) is 15.9 Å². The highest BCUT2D eigenvalue weighted by Crippen LogP contribution is 2.36. The van der Waals surface area contributed by atoms with Gasteiger partial charge in [-0.25, -0.2) is 4.39 Å². The van der Waals surface area contributed by atoms with Crippen molar-refractivity contribution in [2.75, 3.05) is 56.2 Å². The van der Waals surface area contributed by atoms with E-state index in [1.54, 1.807) is 41.7 Å². The molecule has 0 saturated carbocycles. The lowest BCUT2D eigenvalue weighted by Crippen LogP contribution is -2.48. The number of benzene rings is 1. The number of thiocarbonyl (C=S) groups is 1. The smallest absolute Gasteiger partial charge is 0.270 e. The third-order valence-electron chi connectivity index (χ3n) is 6.94. The molecule has 0 radical (unpaired) electrons. The molecule has 2 aliphatic heterocycles. The highest BCUT2D eigenvalue weighted by atomic mass is 32.2. The number of aromatic nitrogens is 1. The van der Waals surface area contributed by atoms with E-state index in [-0.39, 0.29) is 22.8 Å². The number of carbonyl (C=O) groups excluding carboxylic acids is 1. The lowest BCUT2D eigenvalue weighted by molar-refractivity contribution is -0.122. The first-order chi connectivity index (χ1) is 18.8. The highest BCUT2D eigenvalue weighted by Gasteiger charge is 2.33. The van der Waals surface area contributed by atoms with Crippen molar-refractivity contribution >= 4 is 51.8 Å². The SMILES string of the molecule is CCCn1c(N2CCN(c3ccc(F)cc3)CC2)c(/C=C2/SC(=S)N(CCCOC)C2=O)c(C)c(C#N)c1=O. The number of methoxy groups -OCH3 is 1. The first-order valence-electron chi connectivity index (χ1n) is 13.0. The van der Waals surface area contributed by atoms with Crippen LogP contribution in [0.25, 0.3) is 6.08 Å². The van der Waals surface area contributed by atoms with E-state index in [0.29, 0.717) is 84.9 Å². The quantitative estimate of drug-likeness (QED) is 0.253. The second-order valence-electron chi connectivity index (χ2n) is 9.44. The maximum atomic E-state index is 13.4. The number of carbonyl (C=O) groups is 1. The molecular formula is C28H32FN5O3S2. The first kappa shape index (κ1) is 28.8. The summed E-state index contributed by atoms with van der Waals surface area (Å²) in [6, 6.07) is 8.53. The standard InChI is InChI=1S/C28H32FN5O3S2/c1-4-10-33-25(32-14-12-31(13-15-32)21-8-6-20(29)7-9-21)22(19(2)23(18-30)26(33)35)17-24-27(36)34(28(38)39-24)11-5-16-37-3/h6-9,17H,4-5,10-16H2,1-3H3/b24-17+. The Morgan fingerprint density at radius 2 is 1.79 bits per heavy atom. The molecule has 206 valence electrons. The van der Waals surface area contributed by atoms with E-state index in [0.717, 1.165) is 5.69 Å². The number of nitrogens with zero attached hydrogens (tertiary/aromatic N) is 5. The maximum Gasteiger partial charge on any atom is 0.270 e. The Morgan fingerprint density at radius 1 is 1.13 bits per heavy atom. The van der Waals surface area contributed by atoms with Crippen LogP contribution in [0, 0.1) is 24.1 Å². The summed E-state index contributed by atoms with van der Waals surface area (Å²) < 4.78 is 20.7. The second-order valence-corrected chi connectivity index (χ2v) is 11.1.